The summed E-state index contributed by atoms with van der Waals surface area (Å²) in [4.78, 5) is 38.3. The summed E-state index contributed by atoms with van der Waals surface area (Å²) in [6, 6.07) is 11.1. The predicted octanol–water partition coefficient (Wildman–Crippen LogP) is 3.91. The number of rotatable bonds is 4. The highest BCUT2D eigenvalue weighted by atomic mass is 35.5. The second-order valence-electron chi connectivity index (χ2n) is 9.09. The van der Waals surface area contributed by atoms with Gasteiger partial charge in [0.2, 0.25) is 5.91 Å². The van der Waals surface area contributed by atoms with Gasteiger partial charge in [0, 0.05) is 36.7 Å². The van der Waals surface area contributed by atoms with Crippen LogP contribution in [-0.2, 0) is 14.3 Å². The van der Waals surface area contributed by atoms with Crippen molar-refractivity contribution >= 4 is 40.8 Å². The van der Waals surface area contributed by atoms with Gasteiger partial charge in [0.25, 0.3) is 5.91 Å². The number of nitrogens with one attached hydrogen (secondary N) is 1. The predicted molar refractivity (Wildman–Crippen MR) is 128 cm³/mol. The highest BCUT2D eigenvalue weighted by Crippen LogP contribution is 2.48. The van der Waals surface area contributed by atoms with E-state index in [2.05, 4.69) is 5.32 Å². The number of Topliss-reactive ketones (excluding diaryl/α,β-unsaturated/α-hetero) is 1. The molecule has 1 aliphatic carbocycles. The third-order valence-electron chi connectivity index (χ3n) is 6.35. The molecule has 3 aliphatic rings. The Hall–Kier alpha value is -2.68. The Morgan fingerprint density at radius 2 is 1.91 bits per heavy atom. The first kappa shape index (κ1) is 25.4. The second kappa shape index (κ2) is 10.5. The topological polar surface area (TPSA) is 84.9 Å². The quantitative estimate of drug-likeness (QED) is 0.657. The fourth-order valence-electron chi connectivity index (χ4n) is 4.74. The highest BCUT2D eigenvalue weighted by molar-refractivity contribution is 6.31. The molecule has 1 saturated heterocycles. The molecule has 2 aromatic rings. The van der Waals surface area contributed by atoms with E-state index < -0.39 is 6.10 Å². The van der Waals surface area contributed by atoms with Crippen molar-refractivity contribution in [2.24, 2.45) is 5.41 Å². The molecule has 186 valence electrons. The van der Waals surface area contributed by atoms with Crippen molar-refractivity contribution in [1.29, 1.82) is 0 Å². The van der Waals surface area contributed by atoms with Crippen LogP contribution in [0.25, 0.3) is 0 Å². The monoisotopic (exact) mass is 522 g/mol. The molecule has 1 unspecified atom stereocenters. The van der Waals surface area contributed by atoms with E-state index in [1.807, 2.05) is 0 Å². The van der Waals surface area contributed by atoms with Gasteiger partial charge in [-0.25, -0.2) is 4.39 Å². The number of carbonyl (C=O) groups excluding carboxylic acids is 3. The first-order chi connectivity index (χ1) is 16.7. The summed E-state index contributed by atoms with van der Waals surface area (Å²) in [5.41, 5.74) is 0.519. The summed E-state index contributed by atoms with van der Waals surface area (Å²) in [5, 5.41) is 3.57. The minimum atomic E-state index is -0.777. The summed E-state index contributed by atoms with van der Waals surface area (Å²) < 4.78 is 22.7. The molecule has 0 aromatic heterocycles. The molecule has 1 N–H and O–H groups in total. The number of likely N-dealkylation sites (tertiary alicyclic amines) is 1. The maximum atomic E-state index is 12.7. The van der Waals surface area contributed by atoms with Gasteiger partial charge in [-0.2, -0.15) is 0 Å². The van der Waals surface area contributed by atoms with Gasteiger partial charge >= 0.3 is 0 Å². The van der Waals surface area contributed by atoms with Crippen LogP contribution in [0.1, 0.15) is 29.6 Å². The molecule has 1 spiro atoms. The van der Waals surface area contributed by atoms with Crippen molar-refractivity contribution < 1.29 is 28.2 Å². The minimum absolute atomic E-state index is 0.0331. The van der Waals surface area contributed by atoms with Gasteiger partial charge in [0.1, 0.15) is 18.2 Å². The summed E-state index contributed by atoms with van der Waals surface area (Å²) in [5.74, 6) is -0.348. The SMILES string of the molecule is COCC(=O)NC1CC2(C1)CN(C(=O)C1CC(=O)c3cc(Cl)ccc3O1)C2.Fc1ccccc1Cl. The molecule has 2 heterocycles. The molecule has 2 aliphatic heterocycles. The summed E-state index contributed by atoms with van der Waals surface area (Å²) in [6.07, 6.45) is 0.974. The lowest BCUT2D eigenvalue weighted by molar-refractivity contribution is -0.160. The molecule has 5 rings (SSSR count). The Bertz CT molecular complexity index is 1110. The van der Waals surface area contributed by atoms with Crippen molar-refractivity contribution in [3.63, 3.8) is 0 Å². The maximum Gasteiger partial charge on any atom is 0.264 e. The Balaban J connectivity index is 0.000000308. The van der Waals surface area contributed by atoms with Crippen molar-refractivity contribution in [2.45, 2.75) is 31.4 Å². The van der Waals surface area contributed by atoms with Crippen LogP contribution >= 0.6 is 23.2 Å². The Morgan fingerprint density at radius 3 is 2.54 bits per heavy atom. The zero-order valence-electron chi connectivity index (χ0n) is 19.1. The minimum Gasteiger partial charge on any atom is -0.479 e. The van der Waals surface area contributed by atoms with Gasteiger partial charge in [-0.05, 0) is 43.2 Å². The van der Waals surface area contributed by atoms with Gasteiger partial charge in [0.05, 0.1) is 17.0 Å². The molecular formula is C25H25Cl2FN2O5. The average Bonchev–Trinajstić information content (AvgIpc) is 2.77. The second-order valence-corrected chi connectivity index (χ2v) is 9.93. The number of fused-ring (bicyclic) bond motifs is 1. The van der Waals surface area contributed by atoms with Crippen molar-refractivity contribution in [3.8, 4) is 5.75 Å². The van der Waals surface area contributed by atoms with Crippen LogP contribution in [0.5, 0.6) is 5.75 Å². The van der Waals surface area contributed by atoms with Gasteiger partial charge < -0.3 is 19.7 Å². The summed E-state index contributed by atoms with van der Waals surface area (Å²) in [6.45, 7) is 1.35. The van der Waals surface area contributed by atoms with Crippen LogP contribution in [0, 0.1) is 11.2 Å². The van der Waals surface area contributed by atoms with Crippen LogP contribution in [0.3, 0.4) is 0 Å². The van der Waals surface area contributed by atoms with Gasteiger partial charge in [0.15, 0.2) is 11.9 Å². The molecule has 2 fully saturated rings. The van der Waals surface area contributed by atoms with Crippen molar-refractivity contribution in [1.82, 2.24) is 10.2 Å². The lowest BCUT2D eigenvalue weighted by Gasteiger charge is -2.59. The zero-order chi connectivity index (χ0) is 25.2. The number of halogens is 3. The third-order valence-corrected chi connectivity index (χ3v) is 6.89. The molecule has 0 radical (unpaired) electrons. The van der Waals surface area contributed by atoms with Gasteiger partial charge in [-0.15, -0.1) is 0 Å². The molecule has 7 nitrogen and oxygen atoms in total. The Morgan fingerprint density at radius 1 is 1.20 bits per heavy atom. The van der Waals surface area contributed by atoms with E-state index in [1.165, 1.54) is 19.2 Å². The molecule has 1 saturated carbocycles. The number of nitrogens with zero attached hydrogens (tertiary/aromatic N) is 1. The number of hydrogen-bond acceptors (Lipinski definition) is 5. The van der Waals surface area contributed by atoms with Crippen LogP contribution in [0.15, 0.2) is 42.5 Å². The first-order valence-corrected chi connectivity index (χ1v) is 11.9. The van der Waals surface area contributed by atoms with E-state index in [-0.39, 0.29) is 52.9 Å². The van der Waals surface area contributed by atoms with Crippen LogP contribution < -0.4 is 10.1 Å². The van der Waals surface area contributed by atoms with E-state index in [1.54, 1.807) is 35.2 Å². The number of carbonyl (C=O) groups is 3. The van der Waals surface area contributed by atoms with Gasteiger partial charge in [-0.1, -0.05) is 35.3 Å². The number of ketones is 1. The van der Waals surface area contributed by atoms with Crippen LogP contribution in [-0.4, -0.2) is 61.4 Å². The summed E-state index contributed by atoms with van der Waals surface area (Å²) in [7, 11) is 1.49. The number of hydrogen-bond donors (Lipinski definition) is 1. The van der Waals surface area contributed by atoms with E-state index in [4.69, 9.17) is 32.7 Å². The van der Waals surface area contributed by atoms with Crippen molar-refractivity contribution in [3.05, 3.63) is 63.9 Å². The van der Waals surface area contributed by atoms with Crippen molar-refractivity contribution in [2.75, 3.05) is 26.8 Å². The normalized spacial score (nSPS) is 19.9. The number of ether oxygens (including phenoxy) is 2. The van der Waals surface area contributed by atoms with E-state index in [0.717, 1.165) is 12.8 Å². The molecule has 2 aromatic carbocycles. The Labute approximate surface area is 212 Å². The van der Waals surface area contributed by atoms with Gasteiger partial charge in [-0.3, -0.25) is 14.4 Å². The fraction of sp³-hybridized carbons (Fsp3) is 0.400. The van der Waals surface area contributed by atoms with E-state index >= 15 is 0 Å². The highest BCUT2D eigenvalue weighted by Gasteiger charge is 2.55. The standard InChI is InChI=1S/C19H21ClN2O5.C6H4ClF/c1-26-8-17(24)21-12-6-19(7-12)9-22(10-19)18(25)16-5-14(23)13-4-11(20)2-3-15(13)27-16;7-5-3-1-2-4-6(5)8/h2-4,12,16H,5-10H2,1H3,(H,21,24);1-4H. The molecule has 0 bridgehead atoms. The van der Waals surface area contributed by atoms with E-state index in [0.29, 0.717) is 29.4 Å². The average molecular weight is 523 g/mol. The molecule has 2 amide bonds. The summed E-state index contributed by atoms with van der Waals surface area (Å²) >= 11 is 11.3. The molecule has 10 heteroatoms. The maximum absolute atomic E-state index is 12.7. The fourth-order valence-corrected chi connectivity index (χ4v) is 5.05. The smallest absolute Gasteiger partial charge is 0.264 e. The largest absolute Gasteiger partial charge is 0.479 e. The number of methoxy groups -OCH3 is 1. The van der Waals surface area contributed by atoms with Crippen LogP contribution in [0.4, 0.5) is 4.39 Å². The van der Waals surface area contributed by atoms with E-state index in [9.17, 15) is 18.8 Å². The lowest BCUT2D eigenvalue weighted by Crippen LogP contribution is -2.69. The first-order valence-electron chi connectivity index (χ1n) is 11.2. The molecule has 1 atom stereocenters. The third kappa shape index (κ3) is 5.77. The zero-order valence-corrected chi connectivity index (χ0v) is 20.6. The number of benzene rings is 2. The molecule has 35 heavy (non-hydrogen) atoms. The lowest BCUT2D eigenvalue weighted by atomic mass is 9.60. The van der Waals surface area contributed by atoms with Crippen LogP contribution in [0.2, 0.25) is 10.0 Å². The Kier molecular flexibility index (Phi) is 7.64. The molecular weight excluding hydrogens is 498 g/mol. The number of amides is 2.